The van der Waals surface area contributed by atoms with Gasteiger partial charge in [-0.15, -0.1) is 0 Å². The molecule has 6 heteroatoms. The van der Waals surface area contributed by atoms with Gasteiger partial charge in [0.1, 0.15) is 0 Å². The van der Waals surface area contributed by atoms with Gasteiger partial charge >= 0.3 is 0 Å². The molecule has 2 nitrogen and oxygen atoms in total. The van der Waals surface area contributed by atoms with Gasteiger partial charge in [-0.05, 0) is 82.9 Å². The summed E-state index contributed by atoms with van der Waals surface area (Å²) >= 11 is 3.90. The van der Waals surface area contributed by atoms with Gasteiger partial charge in [0.05, 0.1) is 27.5 Å². The summed E-state index contributed by atoms with van der Waals surface area (Å²) in [6.45, 7) is 0.213. The Kier molecular flexibility index (Phi) is 7.35. The van der Waals surface area contributed by atoms with Crippen LogP contribution in [0.25, 0.3) is 55.0 Å². The molecule has 0 N–H and O–H groups in total. The highest BCUT2D eigenvalue weighted by Gasteiger charge is 2.55. The SMILES string of the molecule is c1ccc2c(c1)B1c3ccc(-n4c5ccccc5c5ccccc54)cc3Sc3cccc(c31)C21c2ccccc2B2c3ccc(-n4c5ccccc5c5ccccc54)cc3Sc3cccc1c32. The second kappa shape index (κ2) is 13.4. The second-order valence-corrected chi connectivity index (χ2v) is 20.8. The van der Waals surface area contributed by atoms with Crippen LogP contribution in [0, 0.1) is 0 Å². The quantitative estimate of drug-likeness (QED) is 0.160. The van der Waals surface area contributed by atoms with Crippen LogP contribution in [0.5, 0.6) is 0 Å². The molecule has 4 aliphatic rings. The molecule has 2 aromatic heterocycles. The van der Waals surface area contributed by atoms with E-state index in [0.717, 1.165) is 0 Å². The van der Waals surface area contributed by atoms with Crippen molar-refractivity contribution in [1.29, 1.82) is 0 Å². The van der Waals surface area contributed by atoms with Crippen molar-refractivity contribution in [3.63, 3.8) is 0 Å². The molecule has 308 valence electrons. The number of rotatable bonds is 2. The summed E-state index contributed by atoms with van der Waals surface area (Å²) in [4.78, 5) is 5.36. The molecular weight excluding hydrogens is 846 g/mol. The molecule has 0 saturated carbocycles. The largest absolute Gasteiger partial charge is 0.309 e. The Morgan fingerprint density at radius 3 is 1.07 bits per heavy atom. The van der Waals surface area contributed by atoms with Gasteiger partial charge < -0.3 is 9.13 Å². The van der Waals surface area contributed by atoms with E-state index in [1.807, 2.05) is 23.5 Å². The van der Waals surface area contributed by atoms with Crippen LogP contribution in [0.1, 0.15) is 22.3 Å². The first kappa shape index (κ1) is 36.8. The fourth-order valence-corrected chi connectivity index (χ4v) is 15.5. The Labute approximate surface area is 397 Å². The van der Waals surface area contributed by atoms with Crippen molar-refractivity contribution in [3.05, 3.63) is 241 Å². The number of aromatic nitrogens is 2. The Bertz CT molecular complexity index is 3790. The monoisotopic (exact) mass is 882 g/mol. The maximum Gasteiger partial charge on any atom is 0.245 e. The Balaban J connectivity index is 0.897. The first-order chi connectivity index (χ1) is 33.3. The third kappa shape index (κ3) is 4.67. The zero-order valence-corrected chi connectivity index (χ0v) is 37.8. The standard InChI is InChI=1S/C61H36B2N2S2/c1-9-25-51-39(15-1)40-16-2-10-26-52(40)64(51)37-31-33-49-57(35-37)66-55-29-13-21-45-59(55)62(49)47-23-7-5-19-43(47)61(45)44-20-6-8-24-48(44)63-50-34-32-38(36-58(50)67-56-30-14-22-46(61)60(56)63)65-53-27-11-3-17-41(53)42-18-4-12-28-54(42)65/h1-36H. The minimum Gasteiger partial charge on any atom is -0.309 e. The maximum absolute atomic E-state index is 2.47. The normalized spacial score (nSPS) is 14.5. The van der Waals surface area contributed by atoms with Crippen molar-refractivity contribution in [2.75, 3.05) is 0 Å². The van der Waals surface area contributed by atoms with E-state index in [4.69, 9.17) is 0 Å². The Morgan fingerprint density at radius 1 is 0.299 bits per heavy atom. The minimum absolute atomic E-state index is 0.107. The zero-order chi connectivity index (χ0) is 43.5. The molecule has 67 heavy (non-hydrogen) atoms. The van der Waals surface area contributed by atoms with Gasteiger partial charge in [-0.2, -0.15) is 0 Å². The summed E-state index contributed by atoms with van der Waals surface area (Å²) in [5.74, 6) is 0. The van der Waals surface area contributed by atoms with Crippen LogP contribution in [0.2, 0.25) is 0 Å². The molecule has 12 aromatic rings. The van der Waals surface area contributed by atoms with Gasteiger partial charge in [0, 0.05) is 52.5 Å². The molecule has 16 rings (SSSR count). The number of hydrogen-bond acceptors (Lipinski definition) is 2. The third-order valence-electron chi connectivity index (χ3n) is 15.6. The number of fused-ring (bicyclic) bond motifs is 18. The lowest BCUT2D eigenvalue weighted by Gasteiger charge is -2.51. The summed E-state index contributed by atoms with van der Waals surface area (Å²) in [5.41, 5.74) is 20.9. The smallest absolute Gasteiger partial charge is 0.245 e. The van der Waals surface area contributed by atoms with E-state index >= 15 is 0 Å². The second-order valence-electron chi connectivity index (χ2n) is 18.6. The van der Waals surface area contributed by atoms with Gasteiger partial charge in [-0.3, -0.25) is 0 Å². The molecule has 0 amide bonds. The van der Waals surface area contributed by atoms with E-state index < -0.39 is 5.41 Å². The average molecular weight is 883 g/mol. The molecule has 1 spiro atoms. The van der Waals surface area contributed by atoms with Crippen LogP contribution in [-0.2, 0) is 5.41 Å². The molecule has 6 heterocycles. The molecule has 10 aromatic carbocycles. The molecule has 0 aliphatic carbocycles. The molecule has 4 aliphatic heterocycles. The highest BCUT2D eigenvalue weighted by atomic mass is 32.2. The van der Waals surface area contributed by atoms with E-state index in [1.54, 1.807) is 0 Å². The lowest BCUT2D eigenvalue weighted by molar-refractivity contribution is 0.752. The fraction of sp³-hybridized carbons (Fsp3) is 0.0164. The van der Waals surface area contributed by atoms with Gasteiger partial charge in [-0.1, -0.05) is 214 Å². The highest BCUT2D eigenvalue weighted by molar-refractivity contribution is 8.00. The molecule has 0 atom stereocenters. The van der Waals surface area contributed by atoms with Crippen LogP contribution < -0.4 is 32.8 Å². The first-order valence-corrected chi connectivity index (χ1v) is 25.0. The average Bonchev–Trinajstić information content (AvgIpc) is 3.91. The highest BCUT2D eigenvalue weighted by Crippen LogP contribution is 2.51. The summed E-state index contributed by atoms with van der Waals surface area (Å²) in [7, 11) is 0. The Hall–Kier alpha value is -7.37. The van der Waals surface area contributed by atoms with Crippen LogP contribution in [-0.4, -0.2) is 22.6 Å². The predicted molar refractivity (Wildman–Crippen MR) is 284 cm³/mol. The lowest BCUT2D eigenvalue weighted by atomic mass is 9.26. The molecule has 0 radical (unpaired) electrons. The summed E-state index contributed by atoms with van der Waals surface area (Å²) in [6, 6.07) is 83.1. The topological polar surface area (TPSA) is 9.86 Å². The lowest BCUT2D eigenvalue weighted by Crippen LogP contribution is -2.69. The van der Waals surface area contributed by atoms with E-state index in [1.165, 1.54) is 130 Å². The number of hydrogen-bond donors (Lipinski definition) is 0. The van der Waals surface area contributed by atoms with Crippen LogP contribution in [0.4, 0.5) is 0 Å². The predicted octanol–water partition coefficient (Wildman–Crippen LogP) is 10.9. The minimum atomic E-state index is -0.501. The van der Waals surface area contributed by atoms with Crippen LogP contribution >= 0.6 is 23.5 Å². The van der Waals surface area contributed by atoms with Gasteiger partial charge in [0.15, 0.2) is 0 Å². The number of benzene rings is 10. The summed E-state index contributed by atoms with van der Waals surface area (Å²) in [5, 5.41) is 5.14. The number of para-hydroxylation sites is 4. The van der Waals surface area contributed by atoms with Gasteiger partial charge in [0.25, 0.3) is 0 Å². The van der Waals surface area contributed by atoms with Gasteiger partial charge in [-0.25, -0.2) is 0 Å². The maximum atomic E-state index is 2.47. The van der Waals surface area contributed by atoms with Crippen molar-refractivity contribution >= 4 is 113 Å². The van der Waals surface area contributed by atoms with Gasteiger partial charge in [0.2, 0.25) is 13.4 Å². The summed E-state index contributed by atoms with van der Waals surface area (Å²) in [6.07, 6.45) is 0. The van der Waals surface area contributed by atoms with Crippen molar-refractivity contribution in [2.24, 2.45) is 0 Å². The van der Waals surface area contributed by atoms with Crippen molar-refractivity contribution < 1.29 is 0 Å². The molecular formula is C61H36B2N2S2. The van der Waals surface area contributed by atoms with Crippen molar-refractivity contribution in [2.45, 2.75) is 25.0 Å². The van der Waals surface area contributed by atoms with E-state index in [9.17, 15) is 0 Å². The van der Waals surface area contributed by atoms with E-state index in [0.29, 0.717) is 0 Å². The third-order valence-corrected chi connectivity index (χ3v) is 17.9. The van der Waals surface area contributed by atoms with E-state index in [-0.39, 0.29) is 13.4 Å². The molecule has 0 fully saturated rings. The van der Waals surface area contributed by atoms with Crippen LogP contribution in [0.3, 0.4) is 0 Å². The van der Waals surface area contributed by atoms with Crippen molar-refractivity contribution in [1.82, 2.24) is 9.13 Å². The fourth-order valence-electron chi connectivity index (χ4n) is 13.1. The zero-order valence-electron chi connectivity index (χ0n) is 36.2. The van der Waals surface area contributed by atoms with Crippen LogP contribution in [0.15, 0.2) is 238 Å². The number of nitrogens with zero attached hydrogens (tertiary/aromatic N) is 2. The Morgan fingerprint density at radius 2 is 0.657 bits per heavy atom. The van der Waals surface area contributed by atoms with E-state index in [2.05, 4.69) is 228 Å². The summed E-state index contributed by atoms with van der Waals surface area (Å²) < 4.78 is 4.91. The van der Waals surface area contributed by atoms with Crippen molar-refractivity contribution in [3.8, 4) is 11.4 Å². The molecule has 0 bridgehead atoms. The molecule has 0 saturated heterocycles. The first-order valence-electron chi connectivity index (χ1n) is 23.3. The molecule has 0 unspecified atom stereocenters.